The smallest absolute Gasteiger partial charge is 0.243 e. The van der Waals surface area contributed by atoms with Gasteiger partial charge < -0.3 is 10.3 Å². The highest BCUT2D eigenvalue weighted by Gasteiger charge is 2.39. The minimum Gasteiger partial charge on any atom is -0.329 e. The number of carbonyl (C=O) groups excluding carboxylic acids is 2. The Morgan fingerprint density at radius 2 is 2.16 bits per heavy atom. The standard InChI is InChI=1S/C11H17N5O2S/c1-3-15-9(17)6-8(10(15)18)19-11-14-13-7(2)16(11)5-4-12/h8H,3-6,12H2,1-2H3. The summed E-state index contributed by atoms with van der Waals surface area (Å²) in [5, 5.41) is 8.28. The van der Waals surface area contributed by atoms with Crippen LogP contribution in [-0.4, -0.2) is 49.8 Å². The zero-order valence-corrected chi connectivity index (χ0v) is 11.8. The van der Waals surface area contributed by atoms with E-state index in [1.807, 2.05) is 11.5 Å². The summed E-state index contributed by atoms with van der Waals surface area (Å²) >= 11 is 1.29. The van der Waals surface area contributed by atoms with Crippen molar-refractivity contribution in [3.63, 3.8) is 0 Å². The van der Waals surface area contributed by atoms with Crippen molar-refractivity contribution >= 4 is 23.6 Å². The topological polar surface area (TPSA) is 94.1 Å². The normalized spacial score (nSPS) is 19.5. The molecule has 1 unspecified atom stereocenters. The van der Waals surface area contributed by atoms with E-state index in [1.54, 1.807) is 6.92 Å². The molecule has 0 aliphatic carbocycles. The average Bonchev–Trinajstić information content (AvgIpc) is 2.84. The summed E-state index contributed by atoms with van der Waals surface area (Å²) in [7, 11) is 0. The van der Waals surface area contributed by atoms with Crippen LogP contribution in [0.5, 0.6) is 0 Å². The van der Waals surface area contributed by atoms with Crippen LogP contribution in [-0.2, 0) is 16.1 Å². The van der Waals surface area contributed by atoms with Crippen molar-refractivity contribution in [1.29, 1.82) is 0 Å². The zero-order chi connectivity index (χ0) is 14.0. The molecule has 0 aromatic carbocycles. The molecule has 1 aromatic rings. The number of hydrogen-bond donors (Lipinski definition) is 1. The summed E-state index contributed by atoms with van der Waals surface area (Å²) in [5.74, 6) is 0.501. The summed E-state index contributed by atoms with van der Waals surface area (Å²) in [6.45, 7) is 5.14. The van der Waals surface area contributed by atoms with E-state index in [-0.39, 0.29) is 18.2 Å². The molecule has 1 aliphatic rings. The summed E-state index contributed by atoms with van der Waals surface area (Å²) in [6, 6.07) is 0. The third kappa shape index (κ3) is 2.64. The average molecular weight is 283 g/mol. The first-order chi connectivity index (χ1) is 9.08. The maximum absolute atomic E-state index is 12.0. The zero-order valence-electron chi connectivity index (χ0n) is 11.0. The van der Waals surface area contributed by atoms with Crippen molar-refractivity contribution < 1.29 is 9.59 Å². The summed E-state index contributed by atoms with van der Waals surface area (Å²) in [6.07, 6.45) is 0.228. The summed E-state index contributed by atoms with van der Waals surface area (Å²) in [4.78, 5) is 25.0. The number of nitrogens with zero attached hydrogens (tertiary/aromatic N) is 4. The Morgan fingerprint density at radius 3 is 2.74 bits per heavy atom. The molecule has 2 amide bonds. The molecule has 1 atom stereocenters. The molecule has 0 saturated carbocycles. The first-order valence-electron chi connectivity index (χ1n) is 6.19. The number of carbonyl (C=O) groups is 2. The molecule has 1 aromatic heterocycles. The fourth-order valence-corrected chi connectivity index (χ4v) is 3.19. The van der Waals surface area contributed by atoms with Crippen LogP contribution in [0, 0.1) is 6.92 Å². The van der Waals surface area contributed by atoms with E-state index in [2.05, 4.69) is 10.2 Å². The van der Waals surface area contributed by atoms with E-state index in [0.29, 0.717) is 24.8 Å². The number of aryl methyl sites for hydroxylation is 1. The van der Waals surface area contributed by atoms with Crippen LogP contribution in [0.4, 0.5) is 0 Å². The quantitative estimate of drug-likeness (QED) is 0.751. The molecule has 8 heteroatoms. The van der Waals surface area contributed by atoms with Gasteiger partial charge in [0.2, 0.25) is 11.8 Å². The van der Waals surface area contributed by atoms with Crippen molar-refractivity contribution in [2.75, 3.05) is 13.1 Å². The van der Waals surface area contributed by atoms with Gasteiger partial charge in [0.1, 0.15) is 11.1 Å². The molecule has 7 nitrogen and oxygen atoms in total. The largest absolute Gasteiger partial charge is 0.329 e. The van der Waals surface area contributed by atoms with Gasteiger partial charge in [-0.15, -0.1) is 10.2 Å². The monoisotopic (exact) mass is 283 g/mol. The molecular weight excluding hydrogens is 266 g/mol. The molecule has 1 aliphatic heterocycles. The van der Waals surface area contributed by atoms with Crippen LogP contribution >= 0.6 is 11.8 Å². The number of hydrogen-bond acceptors (Lipinski definition) is 6. The Labute approximate surface area is 115 Å². The van der Waals surface area contributed by atoms with E-state index >= 15 is 0 Å². The van der Waals surface area contributed by atoms with Gasteiger partial charge in [-0.3, -0.25) is 14.5 Å². The number of amides is 2. The maximum atomic E-state index is 12.0. The van der Waals surface area contributed by atoms with Crippen LogP contribution in [0.1, 0.15) is 19.2 Å². The van der Waals surface area contributed by atoms with Gasteiger partial charge >= 0.3 is 0 Å². The van der Waals surface area contributed by atoms with Crippen molar-refractivity contribution in [3.05, 3.63) is 5.82 Å². The van der Waals surface area contributed by atoms with Gasteiger partial charge in [0.05, 0.1) is 0 Å². The Balaban J connectivity index is 2.14. The van der Waals surface area contributed by atoms with E-state index in [9.17, 15) is 9.59 Å². The van der Waals surface area contributed by atoms with E-state index in [0.717, 1.165) is 5.82 Å². The van der Waals surface area contributed by atoms with Crippen LogP contribution < -0.4 is 5.73 Å². The molecular formula is C11H17N5O2S. The predicted molar refractivity (Wildman–Crippen MR) is 70.5 cm³/mol. The van der Waals surface area contributed by atoms with Crippen molar-refractivity contribution in [3.8, 4) is 0 Å². The minimum atomic E-state index is -0.396. The highest BCUT2D eigenvalue weighted by molar-refractivity contribution is 8.00. The van der Waals surface area contributed by atoms with Gasteiger partial charge in [-0.05, 0) is 13.8 Å². The second-order valence-electron chi connectivity index (χ2n) is 4.26. The lowest BCUT2D eigenvalue weighted by Crippen LogP contribution is -2.30. The lowest BCUT2D eigenvalue weighted by molar-refractivity contribution is -0.137. The number of aromatic nitrogens is 3. The Hall–Kier alpha value is -1.41. The number of likely N-dealkylation sites (tertiary alicyclic amines) is 1. The van der Waals surface area contributed by atoms with Crippen LogP contribution in [0.15, 0.2) is 5.16 Å². The van der Waals surface area contributed by atoms with Crippen LogP contribution in [0.25, 0.3) is 0 Å². The van der Waals surface area contributed by atoms with Crippen molar-refractivity contribution in [1.82, 2.24) is 19.7 Å². The molecule has 1 fully saturated rings. The molecule has 0 bridgehead atoms. The van der Waals surface area contributed by atoms with E-state index in [4.69, 9.17) is 5.73 Å². The highest BCUT2D eigenvalue weighted by Crippen LogP contribution is 2.30. The molecule has 1 saturated heterocycles. The predicted octanol–water partition coefficient (Wildman–Crippen LogP) is -0.215. The second-order valence-corrected chi connectivity index (χ2v) is 5.43. The number of thioether (sulfide) groups is 1. The first-order valence-corrected chi connectivity index (χ1v) is 7.07. The molecule has 2 rings (SSSR count). The fraction of sp³-hybridized carbons (Fsp3) is 0.636. The summed E-state index contributed by atoms with van der Waals surface area (Å²) in [5.41, 5.74) is 5.54. The third-order valence-electron chi connectivity index (χ3n) is 3.02. The van der Waals surface area contributed by atoms with Crippen molar-refractivity contribution in [2.45, 2.75) is 37.2 Å². The number of imide groups is 1. The Kier molecular flexibility index (Phi) is 4.20. The van der Waals surface area contributed by atoms with Crippen LogP contribution in [0.2, 0.25) is 0 Å². The van der Waals surface area contributed by atoms with Crippen LogP contribution in [0.3, 0.4) is 0 Å². The molecule has 2 N–H and O–H groups in total. The summed E-state index contributed by atoms with van der Waals surface area (Å²) < 4.78 is 1.87. The minimum absolute atomic E-state index is 0.119. The van der Waals surface area contributed by atoms with Gasteiger partial charge in [0.25, 0.3) is 0 Å². The molecule has 19 heavy (non-hydrogen) atoms. The Bertz CT molecular complexity index is 501. The Morgan fingerprint density at radius 1 is 1.42 bits per heavy atom. The van der Waals surface area contributed by atoms with E-state index in [1.165, 1.54) is 16.7 Å². The highest BCUT2D eigenvalue weighted by atomic mass is 32.2. The molecule has 104 valence electrons. The number of rotatable bonds is 5. The van der Waals surface area contributed by atoms with Gasteiger partial charge in [0, 0.05) is 26.1 Å². The van der Waals surface area contributed by atoms with Gasteiger partial charge in [0.15, 0.2) is 5.16 Å². The molecule has 0 spiro atoms. The van der Waals surface area contributed by atoms with Gasteiger partial charge in [-0.2, -0.15) is 0 Å². The first kappa shape index (κ1) is 14.0. The lowest BCUT2D eigenvalue weighted by atomic mass is 10.4. The number of nitrogens with two attached hydrogens (primary N) is 1. The van der Waals surface area contributed by atoms with Gasteiger partial charge in [-0.25, -0.2) is 0 Å². The van der Waals surface area contributed by atoms with Gasteiger partial charge in [-0.1, -0.05) is 11.8 Å². The fourth-order valence-electron chi connectivity index (χ4n) is 2.04. The lowest BCUT2D eigenvalue weighted by Gasteiger charge is -2.12. The SMILES string of the molecule is CCN1C(=O)CC(Sc2nnc(C)n2CCN)C1=O. The third-order valence-corrected chi connectivity index (χ3v) is 4.19. The molecule has 0 radical (unpaired) electrons. The second kappa shape index (κ2) is 5.70. The van der Waals surface area contributed by atoms with E-state index < -0.39 is 5.25 Å². The van der Waals surface area contributed by atoms with Crippen molar-refractivity contribution in [2.24, 2.45) is 5.73 Å². The maximum Gasteiger partial charge on any atom is 0.243 e. The molecule has 2 heterocycles.